The Hall–Kier alpha value is -4.79. The molecule has 0 aliphatic heterocycles. The molecule has 4 rings (SSSR count). The van der Waals surface area contributed by atoms with Crippen LogP contribution in [0.2, 0.25) is 0 Å². The number of non-ortho nitro benzene ring substituents is 1. The number of carbonyl (C=O) groups excluding carboxylic acids is 1. The molecule has 4 aromatic rings. The molecular weight excluding hydrogens is 434 g/mol. The third-order valence-corrected chi connectivity index (χ3v) is 4.90. The molecule has 0 aliphatic carbocycles. The van der Waals surface area contributed by atoms with Crippen LogP contribution >= 0.6 is 0 Å². The average Bonchev–Trinajstić information content (AvgIpc) is 3.28. The largest absolute Gasteiger partial charge is 0.484 e. The molecule has 3 aromatic carbocycles. The van der Waals surface area contributed by atoms with Crippen LogP contribution in [-0.2, 0) is 4.79 Å². The summed E-state index contributed by atoms with van der Waals surface area (Å²) in [7, 11) is 0. The van der Waals surface area contributed by atoms with Crippen LogP contribution in [0.4, 0.5) is 5.69 Å². The first-order valence-corrected chi connectivity index (χ1v) is 10.4. The molecule has 0 spiro atoms. The first-order valence-electron chi connectivity index (χ1n) is 10.4. The molecule has 34 heavy (non-hydrogen) atoms. The van der Waals surface area contributed by atoms with Crippen LogP contribution in [0, 0.1) is 17.0 Å². The van der Waals surface area contributed by atoms with Crippen molar-refractivity contribution in [2.24, 2.45) is 5.10 Å². The monoisotopic (exact) mass is 455 g/mol. The van der Waals surface area contributed by atoms with E-state index in [9.17, 15) is 14.9 Å². The predicted octanol–water partition coefficient (Wildman–Crippen LogP) is 4.29. The molecule has 0 atom stereocenters. The standard InChI is InChI=1S/C25H21N5O4/c1-18-7-9-19(10-8-18)25-20(16-29(28-25)21-5-3-2-4-6-21)15-26-27-24(31)17-34-23-13-11-22(12-14-23)30(32)33/h2-16H,17H2,1H3,(H,27,31). The van der Waals surface area contributed by atoms with E-state index in [0.29, 0.717) is 5.75 Å². The SMILES string of the molecule is Cc1ccc(-c2nn(-c3ccccc3)cc2C=NNC(=O)COc2ccc([N+](=O)[O-])cc2)cc1. The van der Waals surface area contributed by atoms with E-state index in [0.717, 1.165) is 28.1 Å². The molecule has 0 bridgehead atoms. The summed E-state index contributed by atoms with van der Waals surface area (Å²) in [4.78, 5) is 22.3. The molecule has 0 fully saturated rings. The molecule has 1 heterocycles. The molecule has 9 nitrogen and oxygen atoms in total. The zero-order chi connectivity index (χ0) is 23.9. The lowest BCUT2D eigenvalue weighted by molar-refractivity contribution is -0.384. The van der Waals surface area contributed by atoms with Crippen LogP contribution in [0.3, 0.4) is 0 Å². The first kappa shape index (κ1) is 22.4. The Morgan fingerprint density at radius 3 is 2.47 bits per heavy atom. The van der Waals surface area contributed by atoms with Gasteiger partial charge in [-0.05, 0) is 31.2 Å². The van der Waals surface area contributed by atoms with Gasteiger partial charge >= 0.3 is 0 Å². The van der Waals surface area contributed by atoms with Crippen LogP contribution in [0.5, 0.6) is 5.75 Å². The van der Waals surface area contributed by atoms with Crippen molar-refractivity contribution in [3.05, 3.63) is 106 Å². The van der Waals surface area contributed by atoms with Crippen LogP contribution in [0.15, 0.2) is 90.2 Å². The average molecular weight is 455 g/mol. The van der Waals surface area contributed by atoms with Crippen molar-refractivity contribution in [2.75, 3.05) is 6.61 Å². The second-order valence-corrected chi connectivity index (χ2v) is 7.41. The molecule has 9 heteroatoms. The van der Waals surface area contributed by atoms with Crippen molar-refractivity contribution >= 4 is 17.8 Å². The molecule has 0 aliphatic rings. The van der Waals surface area contributed by atoms with Crippen molar-refractivity contribution in [3.63, 3.8) is 0 Å². The second-order valence-electron chi connectivity index (χ2n) is 7.41. The van der Waals surface area contributed by atoms with E-state index < -0.39 is 10.8 Å². The third-order valence-electron chi connectivity index (χ3n) is 4.90. The molecule has 170 valence electrons. The number of rotatable bonds is 8. The number of para-hydroxylation sites is 1. The molecule has 1 N–H and O–H groups in total. The van der Waals surface area contributed by atoms with Gasteiger partial charge in [-0.15, -0.1) is 0 Å². The van der Waals surface area contributed by atoms with Gasteiger partial charge in [0.15, 0.2) is 6.61 Å². The van der Waals surface area contributed by atoms with E-state index in [-0.39, 0.29) is 12.3 Å². The fraction of sp³-hybridized carbons (Fsp3) is 0.0800. The van der Waals surface area contributed by atoms with Gasteiger partial charge in [-0.3, -0.25) is 14.9 Å². The van der Waals surface area contributed by atoms with E-state index >= 15 is 0 Å². The smallest absolute Gasteiger partial charge is 0.277 e. The van der Waals surface area contributed by atoms with Crippen LogP contribution in [0.25, 0.3) is 16.9 Å². The van der Waals surface area contributed by atoms with Gasteiger partial charge in [0, 0.05) is 29.5 Å². The number of amides is 1. The van der Waals surface area contributed by atoms with Crippen LogP contribution in [-0.4, -0.2) is 33.4 Å². The van der Waals surface area contributed by atoms with Gasteiger partial charge in [-0.1, -0.05) is 48.0 Å². The summed E-state index contributed by atoms with van der Waals surface area (Å²) in [5, 5.41) is 19.5. The van der Waals surface area contributed by atoms with Gasteiger partial charge < -0.3 is 4.74 Å². The predicted molar refractivity (Wildman–Crippen MR) is 128 cm³/mol. The maximum atomic E-state index is 12.1. The highest BCUT2D eigenvalue weighted by molar-refractivity contribution is 5.89. The summed E-state index contributed by atoms with van der Waals surface area (Å²) in [6.45, 7) is 1.73. The number of carbonyl (C=O) groups is 1. The lowest BCUT2D eigenvalue weighted by Gasteiger charge is -2.04. The lowest BCUT2D eigenvalue weighted by Crippen LogP contribution is -2.24. The Morgan fingerprint density at radius 2 is 1.79 bits per heavy atom. The summed E-state index contributed by atoms with van der Waals surface area (Å²) in [5.74, 6) is -0.127. The highest BCUT2D eigenvalue weighted by Crippen LogP contribution is 2.23. The molecule has 0 saturated carbocycles. The van der Waals surface area contributed by atoms with Crippen molar-refractivity contribution in [3.8, 4) is 22.7 Å². The van der Waals surface area contributed by atoms with E-state index in [2.05, 4.69) is 10.5 Å². The molecule has 0 unspecified atom stereocenters. The topological polar surface area (TPSA) is 112 Å². The second kappa shape index (κ2) is 10.2. The minimum Gasteiger partial charge on any atom is -0.484 e. The van der Waals surface area contributed by atoms with Crippen LogP contribution < -0.4 is 10.2 Å². The van der Waals surface area contributed by atoms with Gasteiger partial charge in [0.2, 0.25) is 0 Å². The van der Waals surface area contributed by atoms with Crippen molar-refractivity contribution < 1.29 is 14.5 Å². The number of nitro benzene ring substituents is 1. The minimum atomic E-state index is -0.504. The number of ether oxygens (including phenoxy) is 1. The fourth-order valence-corrected chi connectivity index (χ4v) is 3.15. The number of hydrogen-bond donors (Lipinski definition) is 1. The minimum absolute atomic E-state index is 0.0539. The lowest BCUT2D eigenvalue weighted by atomic mass is 10.1. The normalized spacial score (nSPS) is 10.9. The molecule has 1 aromatic heterocycles. The third kappa shape index (κ3) is 5.52. The van der Waals surface area contributed by atoms with E-state index in [1.165, 1.54) is 30.5 Å². The van der Waals surface area contributed by atoms with Gasteiger partial charge in [0.05, 0.1) is 16.8 Å². The Kier molecular flexibility index (Phi) is 6.73. The van der Waals surface area contributed by atoms with Gasteiger partial charge in [0.1, 0.15) is 11.4 Å². The maximum Gasteiger partial charge on any atom is 0.277 e. The fourth-order valence-electron chi connectivity index (χ4n) is 3.15. The number of benzene rings is 3. The molecule has 0 radical (unpaired) electrons. The zero-order valence-corrected chi connectivity index (χ0v) is 18.3. The summed E-state index contributed by atoms with van der Waals surface area (Å²) in [6, 6.07) is 23.2. The summed E-state index contributed by atoms with van der Waals surface area (Å²) in [6.07, 6.45) is 3.37. The van der Waals surface area contributed by atoms with Crippen LogP contribution in [0.1, 0.15) is 11.1 Å². The number of hydrazone groups is 1. The zero-order valence-electron chi connectivity index (χ0n) is 18.3. The highest BCUT2D eigenvalue weighted by Gasteiger charge is 2.11. The number of nitro groups is 1. The Morgan fingerprint density at radius 1 is 1.09 bits per heavy atom. The maximum absolute atomic E-state index is 12.1. The Labute approximate surface area is 195 Å². The number of nitrogens with one attached hydrogen (secondary N) is 1. The first-order chi connectivity index (χ1) is 16.5. The summed E-state index contributed by atoms with van der Waals surface area (Å²) in [5.41, 5.74) is 6.79. The van der Waals surface area contributed by atoms with Crippen molar-refractivity contribution in [1.82, 2.24) is 15.2 Å². The number of hydrogen-bond acceptors (Lipinski definition) is 6. The summed E-state index contributed by atoms with van der Waals surface area (Å²) >= 11 is 0. The van der Waals surface area contributed by atoms with Crippen molar-refractivity contribution in [2.45, 2.75) is 6.92 Å². The molecular formula is C25H21N5O4. The van der Waals surface area contributed by atoms with E-state index in [1.807, 2.05) is 67.7 Å². The Bertz CT molecular complexity index is 1310. The Balaban J connectivity index is 1.45. The summed E-state index contributed by atoms with van der Waals surface area (Å²) < 4.78 is 7.11. The number of nitrogens with zero attached hydrogens (tertiary/aromatic N) is 4. The highest BCUT2D eigenvalue weighted by atomic mass is 16.6. The number of aryl methyl sites for hydroxylation is 1. The van der Waals surface area contributed by atoms with Gasteiger partial charge in [0.25, 0.3) is 11.6 Å². The molecule has 1 amide bonds. The van der Waals surface area contributed by atoms with E-state index in [4.69, 9.17) is 9.84 Å². The number of aromatic nitrogens is 2. The van der Waals surface area contributed by atoms with Gasteiger partial charge in [-0.25, -0.2) is 10.1 Å². The quantitative estimate of drug-likeness (QED) is 0.242. The van der Waals surface area contributed by atoms with E-state index in [1.54, 1.807) is 4.68 Å². The van der Waals surface area contributed by atoms with Gasteiger partial charge in [-0.2, -0.15) is 10.2 Å². The van der Waals surface area contributed by atoms with Crippen molar-refractivity contribution in [1.29, 1.82) is 0 Å². The molecule has 0 saturated heterocycles.